The van der Waals surface area contributed by atoms with Gasteiger partial charge >= 0.3 is 0 Å². The molecular formula is C76H92Br2N4. The number of rotatable bonds is 4. The molecular weight excluding hydrogens is 1130 g/mol. The van der Waals surface area contributed by atoms with Crippen molar-refractivity contribution in [2.75, 3.05) is 0 Å². The van der Waals surface area contributed by atoms with Crippen molar-refractivity contribution in [1.29, 1.82) is 0 Å². The number of fused-ring (bicyclic) bond motifs is 8. The zero-order chi connectivity index (χ0) is 60.6. The molecule has 0 atom stereocenters. The van der Waals surface area contributed by atoms with E-state index in [1.54, 1.807) is 0 Å². The Labute approximate surface area is 509 Å². The van der Waals surface area contributed by atoms with Crippen molar-refractivity contribution in [3.05, 3.63) is 164 Å². The monoisotopic (exact) mass is 1220 g/mol. The van der Waals surface area contributed by atoms with Crippen molar-refractivity contribution < 1.29 is 0 Å². The van der Waals surface area contributed by atoms with Gasteiger partial charge in [-0.25, -0.2) is 9.97 Å². The first-order valence-corrected chi connectivity index (χ1v) is 31.3. The summed E-state index contributed by atoms with van der Waals surface area (Å²) in [6, 6.07) is 38.0. The number of H-pyrrole nitrogens is 2. The van der Waals surface area contributed by atoms with Gasteiger partial charge < -0.3 is 9.97 Å². The molecule has 7 aromatic rings. The van der Waals surface area contributed by atoms with Gasteiger partial charge in [-0.15, -0.1) is 0 Å². The third-order valence-electron chi connectivity index (χ3n) is 16.7. The van der Waals surface area contributed by atoms with Crippen LogP contribution in [0.5, 0.6) is 0 Å². The van der Waals surface area contributed by atoms with Gasteiger partial charge in [-0.1, -0.05) is 239 Å². The van der Waals surface area contributed by atoms with Gasteiger partial charge in [0.25, 0.3) is 0 Å². The molecule has 6 heteroatoms. The van der Waals surface area contributed by atoms with Crippen LogP contribution in [-0.2, 0) is 43.3 Å². The number of aromatic amines is 2. The van der Waals surface area contributed by atoms with Crippen LogP contribution in [0.4, 0.5) is 0 Å². The van der Waals surface area contributed by atoms with E-state index in [0.717, 1.165) is 98.3 Å². The third kappa shape index (κ3) is 12.3. The lowest BCUT2D eigenvalue weighted by molar-refractivity contribution is 0.568. The summed E-state index contributed by atoms with van der Waals surface area (Å²) in [4.78, 5) is 20.1. The molecule has 0 saturated carbocycles. The minimum atomic E-state index is -0.122. The van der Waals surface area contributed by atoms with Crippen molar-refractivity contribution >= 4 is 75.0 Å². The summed E-state index contributed by atoms with van der Waals surface area (Å²) >= 11 is 8.51. The minimum absolute atomic E-state index is 0.120. The summed E-state index contributed by atoms with van der Waals surface area (Å²) in [5.41, 5.74) is 25.2. The van der Waals surface area contributed by atoms with Crippen LogP contribution in [0.1, 0.15) is 233 Å². The van der Waals surface area contributed by atoms with Gasteiger partial charge in [0.1, 0.15) is 0 Å². The molecule has 0 fully saturated rings. The second-order valence-corrected chi connectivity index (χ2v) is 33.7. The Bertz CT molecular complexity index is 3550. The number of nitrogens with one attached hydrogen (secondary N) is 2. The van der Waals surface area contributed by atoms with E-state index >= 15 is 0 Å². The van der Waals surface area contributed by atoms with E-state index in [4.69, 9.17) is 9.97 Å². The average molecular weight is 1220 g/mol. The Kier molecular flexibility index (Phi) is 15.3. The van der Waals surface area contributed by atoms with Crippen LogP contribution in [0.25, 0.3) is 87.7 Å². The second kappa shape index (κ2) is 20.6. The molecule has 0 radical (unpaired) electrons. The van der Waals surface area contributed by atoms with Crippen molar-refractivity contribution in [2.45, 2.75) is 209 Å². The smallest absolute Gasteiger partial charge is 0.0879 e. The summed E-state index contributed by atoms with van der Waals surface area (Å²) in [6.45, 7) is 55.6. The normalized spacial score (nSPS) is 14.1. The molecule has 9 rings (SSSR count). The van der Waals surface area contributed by atoms with Gasteiger partial charge in [0, 0.05) is 53.3 Å². The van der Waals surface area contributed by atoms with Gasteiger partial charge in [-0.2, -0.15) is 0 Å². The van der Waals surface area contributed by atoms with Gasteiger partial charge in [0.2, 0.25) is 0 Å². The summed E-state index contributed by atoms with van der Waals surface area (Å²) in [5.74, 6) is 0. The molecule has 82 heavy (non-hydrogen) atoms. The topological polar surface area (TPSA) is 57.4 Å². The molecule has 0 amide bonds. The standard InChI is InChI=1S/C76H92Br2N4/c1-69(2,3)47-29-43(30-48(37-47)70(4,5)6)63-57-25-27-59(79-57)65(45-33-51(73(13,14)15)39-52(34-45)74(16,17)18)68-56(78)42-62(82-68)64(44-31-49(71(7,8)9)38-50(32-44)72(10,11)12)58-26-28-60(80-58)66(67-55(77)41-61(63)81-67)46-35-53(75(19,20)21)40-54(36-46)76(22,23)24/h25-42,79-80H,1-24H3. The Hall–Kier alpha value is -5.56. The molecule has 4 aromatic carbocycles. The van der Waals surface area contributed by atoms with Crippen LogP contribution in [0.2, 0.25) is 0 Å². The van der Waals surface area contributed by atoms with Crippen molar-refractivity contribution in [3.63, 3.8) is 0 Å². The van der Waals surface area contributed by atoms with Gasteiger partial charge in [-0.3, -0.25) is 0 Å². The summed E-state index contributed by atoms with van der Waals surface area (Å²) < 4.78 is 1.85. The highest BCUT2D eigenvalue weighted by atomic mass is 79.9. The fraction of sp³-hybridized carbons (Fsp3) is 0.421. The molecule has 430 valence electrons. The van der Waals surface area contributed by atoms with Crippen LogP contribution in [0, 0.1) is 0 Å². The van der Waals surface area contributed by atoms with Crippen LogP contribution < -0.4 is 0 Å². The van der Waals surface area contributed by atoms with E-state index in [1.165, 1.54) is 44.5 Å². The molecule has 2 aliphatic heterocycles. The first-order valence-electron chi connectivity index (χ1n) is 29.7. The Morgan fingerprint density at radius 3 is 0.646 bits per heavy atom. The predicted molar refractivity (Wildman–Crippen MR) is 366 cm³/mol. The highest BCUT2D eigenvalue weighted by molar-refractivity contribution is 9.15. The van der Waals surface area contributed by atoms with Crippen molar-refractivity contribution in [2.24, 2.45) is 0 Å². The zero-order valence-corrected chi connectivity index (χ0v) is 57.2. The van der Waals surface area contributed by atoms with E-state index < -0.39 is 0 Å². The highest BCUT2D eigenvalue weighted by Gasteiger charge is 2.31. The summed E-state index contributed by atoms with van der Waals surface area (Å²) in [5, 5.41) is 0. The first-order chi connectivity index (χ1) is 37.5. The molecule has 3 aromatic heterocycles. The van der Waals surface area contributed by atoms with Crippen molar-refractivity contribution in [3.8, 4) is 44.5 Å². The molecule has 0 aliphatic carbocycles. The van der Waals surface area contributed by atoms with Crippen LogP contribution in [0.3, 0.4) is 0 Å². The Morgan fingerprint density at radius 1 is 0.268 bits per heavy atom. The van der Waals surface area contributed by atoms with Crippen LogP contribution in [0.15, 0.2) is 97.1 Å². The third-order valence-corrected chi connectivity index (χ3v) is 17.9. The van der Waals surface area contributed by atoms with E-state index in [-0.39, 0.29) is 43.3 Å². The fourth-order valence-corrected chi connectivity index (χ4v) is 12.1. The molecule has 0 spiro atoms. The maximum absolute atomic E-state index is 5.93. The Morgan fingerprint density at radius 2 is 0.451 bits per heavy atom. The molecule has 2 aliphatic rings. The van der Waals surface area contributed by atoms with E-state index in [0.29, 0.717) is 0 Å². The number of halogens is 2. The molecule has 4 nitrogen and oxygen atoms in total. The predicted octanol–water partition coefficient (Wildman–Crippen LogP) is 23.1. The molecule has 8 bridgehead atoms. The largest absolute Gasteiger partial charge is 0.354 e. The number of aromatic nitrogens is 4. The molecule has 5 heterocycles. The second-order valence-electron chi connectivity index (χ2n) is 31.9. The van der Waals surface area contributed by atoms with Gasteiger partial charge in [0.05, 0.1) is 22.8 Å². The minimum Gasteiger partial charge on any atom is -0.354 e. The van der Waals surface area contributed by atoms with Crippen molar-refractivity contribution in [1.82, 2.24) is 19.9 Å². The zero-order valence-electron chi connectivity index (χ0n) is 54.0. The lowest BCUT2D eigenvalue weighted by Crippen LogP contribution is -2.16. The SMILES string of the molecule is CC(C)(C)c1cc(-c2c3nc(c(-c4cc(C(C)(C)C)cc(C(C)(C)C)c4)c4ccc([nH]4)c(-c4cc(C(C)(C)C)cc(C(C)(C)C)c4)c4nc(c(-c5cc(C(C)(C)C)cc(C(C)(C)C)c5)c5ccc2[nH]5)C(Br)=C4)C(Br)=C3)cc(C(C)(C)C)c1. The van der Waals surface area contributed by atoms with E-state index in [9.17, 15) is 0 Å². The number of hydrogen-bond acceptors (Lipinski definition) is 2. The molecule has 0 unspecified atom stereocenters. The maximum Gasteiger partial charge on any atom is 0.0879 e. The number of benzene rings is 4. The molecule has 2 N–H and O–H groups in total. The Balaban J connectivity index is 1.60. The fourth-order valence-electron chi connectivity index (χ4n) is 11.0. The highest BCUT2D eigenvalue weighted by Crippen LogP contribution is 2.48. The van der Waals surface area contributed by atoms with Crippen LogP contribution >= 0.6 is 31.9 Å². The summed E-state index contributed by atoms with van der Waals surface area (Å²) in [6.07, 6.45) is 4.51. The summed E-state index contributed by atoms with van der Waals surface area (Å²) in [7, 11) is 0. The number of nitrogens with zero attached hydrogens (tertiary/aromatic N) is 2. The van der Waals surface area contributed by atoms with Crippen LogP contribution in [-0.4, -0.2) is 19.9 Å². The maximum atomic E-state index is 5.93. The average Bonchev–Trinajstić information content (AvgIpc) is 4.02. The van der Waals surface area contributed by atoms with Gasteiger partial charge in [0.15, 0.2) is 0 Å². The lowest BCUT2D eigenvalue weighted by Gasteiger charge is -2.26. The van der Waals surface area contributed by atoms with E-state index in [1.807, 2.05) is 0 Å². The first kappa shape index (κ1) is 61.0. The van der Waals surface area contributed by atoms with E-state index in [2.05, 4.69) is 317 Å². The lowest BCUT2D eigenvalue weighted by atomic mass is 9.78. The number of hydrogen-bond donors (Lipinski definition) is 2. The quantitative estimate of drug-likeness (QED) is 0.185. The van der Waals surface area contributed by atoms with Gasteiger partial charge in [-0.05, 0) is 178 Å². The molecule has 0 saturated heterocycles.